The van der Waals surface area contributed by atoms with Crippen LogP contribution in [-0.2, 0) is 0 Å². The van der Waals surface area contributed by atoms with Gasteiger partial charge in [0.25, 0.3) is 0 Å². The first-order chi connectivity index (χ1) is 17.0. The lowest BCUT2D eigenvalue weighted by molar-refractivity contribution is 0.0383. The monoisotopic (exact) mass is 472 g/mol. The van der Waals surface area contributed by atoms with Crippen LogP contribution in [0.4, 0.5) is 23.1 Å². The van der Waals surface area contributed by atoms with E-state index in [0.717, 1.165) is 35.4 Å². The van der Waals surface area contributed by atoms with Crippen LogP contribution in [0.1, 0.15) is 12.8 Å². The van der Waals surface area contributed by atoms with E-state index in [2.05, 4.69) is 44.6 Å². The van der Waals surface area contributed by atoms with Gasteiger partial charge in [-0.25, -0.2) is 9.97 Å². The fourth-order valence-electron chi connectivity index (χ4n) is 4.08. The SMILES string of the molecule is COc1cc(Nc2nccc(Nc3ccc4c(O)nccc4c3)n2)ccc1OC1CC(N(C)C)C1. The van der Waals surface area contributed by atoms with Gasteiger partial charge in [0.2, 0.25) is 11.8 Å². The van der Waals surface area contributed by atoms with Crippen molar-refractivity contribution in [1.82, 2.24) is 19.9 Å². The Labute approximate surface area is 203 Å². The maximum absolute atomic E-state index is 9.89. The fourth-order valence-corrected chi connectivity index (χ4v) is 4.08. The van der Waals surface area contributed by atoms with Crippen LogP contribution in [0.25, 0.3) is 10.8 Å². The molecule has 0 atom stereocenters. The topological polar surface area (TPSA) is 105 Å². The average molecular weight is 473 g/mol. The second kappa shape index (κ2) is 9.63. The van der Waals surface area contributed by atoms with Gasteiger partial charge >= 0.3 is 0 Å². The fraction of sp³-hybridized carbons (Fsp3) is 0.269. The van der Waals surface area contributed by atoms with Crippen molar-refractivity contribution in [3.8, 4) is 17.4 Å². The first-order valence-corrected chi connectivity index (χ1v) is 11.4. The molecule has 0 saturated heterocycles. The van der Waals surface area contributed by atoms with E-state index in [1.54, 1.807) is 25.6 Å². The first-order valence-electron chi connectivity index (χ1n) is 11.4. The number of anilines is 4. The Balaban J connectivity index is 1.27. The number of hydrogen-bond acceptors (Lipinski definition) is 9. The van der Waals surface area contributed by atoms with Gasteiger partial charge in [-0.1, -0.05) is 0 Å². The highest BCUT2D eigenvalue weighted by atomic mass is 16.5. The number of aromatic hydroxyl groups is 1. The molecule has 35 heavy (non-hydrogen) atoms. The van der Waals surface area contributed by atoms with Crippen molar-refractivity contribution >= 4 is 33.9 Å². The Morgan fingerprint density at radius 2 is 1.69 bits per heavy atom. The smallest absolute Gasteiger partial charge is 0.229 e. The number of benzene rings is 2. The Kier molecular flexibility index (Phi) is 6.24. The number of ether oxygens (including phenoxy) is 2. The molecule has 4 aromatic rings. The predicted molar refractivity (Wildman–Crippen MR) is 136 cm³/mol. The minimum Gasteiger partial charge on any atom is -0.493 e. The van der Waals surface area contributed by atoms with Gasteiger partial charge in [0.1, 0.15) is 11.9 Å². The normalized spacial score (nSPS) is 17.1. The molecule has 0 radical (unpaired) electrons. The van der Waals surface area contributed by atoms with Crippen LogP contribution >= 0.6 is 0 Å². The van der Waals surface area contributed by atoms with Crippen LogP contribution < -0.4 is 20.1 Å². The molecule has 0 aliphatic heterocycles. The van der Waals surface area contributed by atoms with Gasteiger partial charge in [-0.05, 0) is 74.8 Å². The molecule has 2 aromatic carbocycles. The molecular formula is C26H28N6O3. The lowest BCUT2D eigenvalue weighted by atomic mass is 9.88. The predicted octanol–water partition coefficient (Wildman–Crippen LogP) is 4.70. The summed E-state index contributed by atoms with van der Waals surface area (Å²) in [4.78, 5) is 15.0. The third-order valence-electron chi connectivity index (χ3n) is 6.19. The Hall–Kier alpha value is -4.11. The molecule has 0 spiro atoms. The maximum atomic E-state index is 9.89. The van der Waals surface area contributed by atoms with E-state index in [-0.39, 0.29) is 12.0 Å². The number of aromatic nitrogens is 3. The molecule has 1 aliphatic rings. The Morgan fingerprint density at radius 3 is 2.49 bits per heavy atom. The van der Waals surface area contributed by atoms with E-state index >= 15 is 0 Å². The van der Waals surface area contributed by atoms with Gasteiger partial charge in [0, 0.05) is 41.3 Å². The summed E-state index contributed by atoms with van der Waals surface area (Å²) in [6, 6.07) is 15.5. The van der Waals surface area contributed by atoms with Crippen molar-refractivity contribution in [3.05, 3.63) is 60.9 Å². The van der Waals surface area contributed by atoms with Gasteiger partial charge in [0.05, 0.1) is 7.11 Å². The minimum atomic E-state index is 0.0138. The summed E-state index contributed by atoms with van der Waals surface area (Å²) in [5, 5.41) is 18.0. The first kappa shape index (κ1) is 22.7. The zero-order valence-electron chi connectivity index (χ0n) is 19.9. The van der Waals surface area contributed by atoms with Crippen molar-refractivity contribution in [2.75, 3.05) is 31.8 Å². The van der Waals surface area contributed by atoms with Crippen LogP contribution in [0, 0.1) is 0 Å². The number of methoxy groups -OCH3 is 1. The van der Waals surface area contributed by atoms with E-state index in [1.165, 1.54) is 0 Å². The van der Waals surface area contributed by atoms with Gasteiger partial charge in [-0.3, -0.25) is 0 Å². The van der Waals surface area contributed by atoms with Crippen molar-refractivity contribution in [2.24, 2.45) is 0 Å². The average Bonchev–Trinajstić information content (AvgIpc) is 2.82. The summed E-state index contributed by atoms with van der Waals surface area (Å²) in [5.41, 5.74) is 1.63. The van der Waals surface area contributed by atoms with Crippen LogP contribution in [-0.4, -0.2) is 58.3 Å². The molecule has 180 valence electrons. The van der Waals surface area contributed by atoms with Crippen LogP contribution in [0.2, 0.25) is 0 Å². The highest BCUT2D eigenvalue weighted by Crippen LogP contribution is 2.36. The van der Waals surface area contributed by atoms with Gasteiger partial charge in [0.15, 0.2) is 11.5 Å². The number of nitrogens with one attached hydrogen (secondary N) is 2. The van der Waals surface area contributed by atoms with Crippen molar-refractivity contribution in [1.29, 1.82) is 0 Å². The van der Waals surface area contributed by atoms with Crippen LogP contribution in [0.15, 0.2) is 60.9 Å². The number of pyridine rings is 1. The molecule has 1 fully saturated rings. The molecule has 9 nitrogen and oxygen atoms in total. The molecule has 0 amide bonds. The maximum Gasteiger partial charge on any atom is 0.229 e. The molecule has 3 N–H and O–H groups in total. The second-order valence-corrected chi connectivity index (χ2v) is 8.78. The number of hydrogen-bond donors (Lipinski definition) is 3. The molecule has 2 heterocycles. The van der Waals surface area contributed by atoms with Gasteiger partial charge < -0.3 is 30.1 Å². The molecule has 2 aromatic heterocycles. The third-order valence-corrected chi connectivity index (χ3v) is 6.19. The summed E-state index contributed by atoms with van der Waals surface area (Å²) in [5.74, 6) is 2.48. The molecule has 0 bridgehead atoms. The van der Waals surface area contributed by atoms with Crippen molar-refractivity contribution in [3.63, 3.8) is 0 Å². The number of fused-ring (bicyclic) bond motifs is 1. The molecule has 1 saturated carbocycles. The van der Waals surface area contributed by atoms with E-state index in [0.29, 0.717) is 28.9 Å². The standard InChI is InChI=1S/C26H28N6O3/c1-32(2)19-14-20(15-19)35-22-7-5-18(13-23(22)34-3)30-26-28-11-9-24(31-26)29-17-4-6-21-16(12-17)8-10-27-25(21)33/h4-13,19-20H,14-15H2,1-3H3,(H,27,33)(H2,28,29,30,31). The Morgan fingerprint density at radius 1 is 0.914 bits per heavy atom. The quantitative estimate of drug-likeness (QED) is 0.337. The minimum absolute atomic E-state index is 0.0138. The lowest BCUT2D eigenvalue weighted by Gasteiger charge is -2.39. The summed E-state index contributed by atoms with van der Waals surface area (Å²) >= 11 is 0. The summed E-state index contributed by atoms with van der Waals surface area (Å²) in [7, 11) is 5.83. The highest BCUT2D eigenvalue weighted by molar-refractivity contribution is 5.89. The Bertz CT molecular complexity index is 1340. The van der Waals surface area contributed by atoms with Gasteiger partial charge in [-0.2, -0.15) is 4.98 Å². The van der Waals surface area contributed by atoms with Crippen LogP contribution in [0.3, 0.4) is 0 Å². The van der Waals surface area contributed by atoms with E-state index in [4.69, 9.17) is 9.47 Å². The van der Waals surface area contributed by atoms with Gasteiger partial charge in [-0.15, -0.1) is 0 Å². The molecule has 9 heteroatoms. The third kappa shape index (κ3) is 5.04. The van der Waals surface area contributed by atoms with Crippen LogP contribution in [0.5, 0.6) is 17.4 Å². The van der Waals surface area contributed by atoms with Crippen molar-refractivity contribution < 1.29 is 14.6 Å². The number of rotatable bonds is 8. The molecule has 0 unspecified atom stereocenters. The van der Waals surface area contributed by atoms with E-state index in [9.17, 15) is 5.11 Å². The van der Waals surface area contributed by atoms with E-state index in [1.807, 2.05) is 42.5 Å². The zero-order valence-corrected chi connectivity index (χ0v) is 19.9. The summed E-state index contributed by atoms with van der Waals surface area (Å²) in [6.07, 6.45) is 5.49. The summed E-state index contributed by atoms with van der Waals surface area (Å²) in [6.45, 7) is 0. The lowest BCUT2D eigenvalue weighted by Crippen LogP contribution is -2.46. The number of nitrogens with zero attached hydrogens (tertiary/aromatic N) is 4. The summed E-state index contributed by atoms with van der Waals surface area (Å²) < 4.78 is 11.7. The molecule has 5 rings (SSSR count). The molecule has 1 aliphatic carbocycles. The molecular weight excluding hydrogens is 444 g/mol. The second-order valence-electron chi connectivity index (χ2n) is 8.78. The highest BCUT2D eigenvalue weighted by Gasteiger charge is 2.32. The van der Waals surface area contributed by atoms with Crippen molar-refractivity contribution in [2.45, 2.75) is 25.0 Å². The van der Waals surface area contributed by atoms with E-state index < -0.39 is 0 Å². The zero-order chi connectivity index (χ0) is 24.4. The largest absolute Gasteiger partial charge is 0.493 e.